The molecule has 3 rings (SSSR count). The standard InChI is InChI=1S/C16H22N4OS.HI/c17-16(20-12-6-3-1-2-4-7-12)18-10-13-11-22-15(19-13)14-8-5-9-21-14;/h5,8-9,11-12H,1-4,6-7,10H2,(H3,17,18,20);1H. The quantitative estimate of drug-likeness (QED) is 0.320. The second kappa shape index (κ2) is 9.27. The number of hydrogen-bond donors (Lipinski definition) is 2. The molecule has 0 bridgehead atoms. The Morgan fingerprint density at radius 1 is 1.35 bits per heavy atom. The Bertz CT molecular complexity index is 603. The number of hydrogen-bond acceptors (Lipinski definition) is 4. The monoisotopic (exact) mass is 446 g/mol. The number of rotatable bonds is 4. The highest BCUT2D eigenvalue weighted by Crippen LogP contribution is 2.24. The molecule has 1 aliphatic rings. The fourth-order valence-electron chi connectivity index (χ4n) is 2.74. The maximum atomic E-state index is 6.00. The molecule has 126 valence electrons. The molecule has 3 N–H and O–H groups in total. The Labute approximate surface area is 157 Å². The Kier molecular flexibility index (Phi) is 7.35. The number of thiazole rings is 1. The van der Waals surface area contributed by atoms with Gasteiger partial charge in [-0.05, 0) is 25.0 Å². The molecule has 0 aromatic carbocycles. The zero-order valence-electron chi connectivity index (χ0n) is 13.0. The number of nitrogens with zero attached hydrogens (tertiary/aromatic N) is 2. The highest BCUT2D eigenvalue weighted by molar-refractivity contribution is 14.0. The van der Waals surface area contributed by atoms with Crippen LogP contribution in [-0.4, -0.2) is 17.0 Å². The second-order valence-electron chi connectivity index (χ2n) is 5.66. The molecule has 23 heavy (non-hydrogen) atoms. The average Bonchev–Trinajstić information content (AvgIpc) is 3.14. The lowest BCUT2D eigenvalue weighted by Gasteiger charge is -2.16. The van der Waals surface area contributed by atoms with Crippen molar-refractivity contribution in [3.05, 3.63) is 29.5 Å². The maximum absolute atomic E-state index is 6.00. The van der Waals surface area contributed by atoms with E-state index in [1.54, 1.807) is 17.6 Å². The highest BCUT2D eigenvalue weighted by atomic mass is 127. The van der Waals surface area contributed by atoms with Crippen LogP contribution in [0, 0.1) is 0 Å². The van der Waals surface area contributed by atoms with Gasteiger partial charge in [0.25, 0.3) is 0 Å². The smallest absolute Gasteiger partial charge is 0.189 e. The van der Waals surface area contributed by atoms with Crippen molar-refractivity contribution in [3.63, 3.8) is 0 Å². The van der Waals surface area contributed by atoms with E-state index >= 15 is 0 Å². The van der Waals surface area contributed by atoms with Gasteiger partial charge in [0.05, 0.1) is 18.5 Å². The van der Waals surface area contributed by atoms with Crippen LogP contribution >= 0.6 is 35.3 Å². The first-order valence-corrected chi connectivity index (χ1v) is 8.74. The molecule has 0 unspecified atom stereocenters. The first kappa shape index (κ1) is 18.3. The normalized spacial score (nSPS) is 16.6. The van der Waals surface area contributed by atoms with E-state index in [4.69, 9.17) is 10.2 Å². The van der Waals surface area contributed by atoms with Crippen LogP contribution in [0.4, 0.5) is 0 Å². The van der Waals surface area contributed by atoms with E-state index in [2.05, 4.69) is 15.3 Å². The molecular weight excluding hydrogens is 423 g/mol. The molecule has 1 saturated carbocycles. The summed E-state index contributed by atoms with van der Waals surface area (Å²) in [6, 6.07) is 4.25. The summed E-state index contributed by atoms with van der Waals surface area (Å²) in [6.45, 7) is 0.503. The molecule has 5 nitrogen and oxygen atoms in total. The Morgan fingerprint density at radius 2 is 2.13 bits per heavy atom. The summed E-state index contributed by atoms with van der Waals surface area (Å²) in [5, 5.41) is 6.23. The Balaban J connectivity index is 0.00000192. The molecule has 0 aliphatic heterocycles. The van der Waals surface area contributed by atoms with Gasteiger partial charge in [-0.25, -0.2) is 9.98 Å². The Hall–Kier alpha value is -1.09. The van der Waals surface area contributed by atoms with Crippen molar-refractivity contribution < 1.29 is 4.42 Å². The van der Waals surface area contributed by atoms with Gasteiger partial charge in [-0.1, -0.05) is 25.7 Å². The summed E-state index contributed by atoms with van der Waals surface area (Å²) in [5.74, 6) is 1.32. The summed E-state index contributed by atoms with van der Waals surface area (Å²) < 4.78 is 5.35. The third-order valence-corrected chi connectivity index (χ3v) is 4.81. The van der Waals surface area contributed by atoms with Gasteiger partial charge in [-0.2, -0.15) is 0 Å². The molecule has 0 saturated heterocycles. The lowest BCUT2D eigenvalue weighted by molar-refractivity contribution is 0.530. The first-order valence-electron chi connectivity index (χ1n) is 7.86. The van der Waals surface area contributed by atoms with Gasteiger partial charge in [0.2, 0.25) is 0 Å². The van der Waals surface area contributed by atoms with Crippen molar-refractivity contribution >= 4 is 41.3 Å². The number of aliphatic imine (C=N–C) groups is 1. The van der Waals surface area contributed by atoms with Crippen molar-refractivity contribution in [2.45, 2.75) is 51.1 Å². The van der Waals surface area contributed by atoms with Crippen molar-refractivity contribution in [3.8, 4) is 10.8 Å². The molecular formula is C16H23IN4OS. The van der Waals surface area contributed by atoms with Gasteiger partial charge in [-0.3, -0.25) is 0 Å². The summed E-state index contributed by atoms with van der Waals surface area (Å²) >= 11 is 1.56. The predicted octanol–water partition coefficient (Wildman–Crippen LogP) is 4.15. The van der Waals surface area contributed by atoms with Crippen LogP contribution in [0.2, 0.25) is 0 Å². The summed E-state index contributed by atoms with van der Waals surface area (Å²) in [4.78, 5) is 8.93. The van der Waals surface area contributed by atoms with E-state index in [9.17, 15) is 0 Å². The molecule has 7 heteroatoms. The Morgan fingerprint density at radius 3 is 2.83 bits per heavy atom. The van der Waals surface area contributed by atoms with E-state index in [1.807, 2.05) is 17.5 Å². The third kappa shape index (κ3) is 5.49. The molecule has 1 aliphatic carbocycles. The van der Waals surface area contributed by atoms with E-state index in [1.165, 1.54) is 38.5 Å². The van der Waals surface area contributed by atoms with Gasteiger partial charge in [0.1, 0.15) is 0 Å². The fraction of sp³-hybridized carbons (Fsp3) is 0.500. The summed E-state index contributed by atoms with van der Waals surface area (Å²) in [7, 11) is 0. The van der Waals surface area contributed by atoms with E-state index < -0.39 is 0 Å². The molecule has 2 heterocycles. The fourth-order valence-corrected chi connectivity index (χ4v) is 3.51. The average molecular weight is 446 g/mol. The molecule has 2 aromatic rings. The van der Waals surface area contributed by atoms with Gasteiger partial charge in [-0.15, -0.1) is 35.3 Å². The van der Waals surface area contributed by atoms with Crippen LogP contribution < -0.4 is 11.1 Å². The van der Waals surface area contributed by atoms with Crippen LogP contribution in [0.15, 0.2) is 33.2 Å². The number of guanidine groups is 1. The van der Waals surface area contributed by atoms with E-state index in [-0.39, 0.29) is 24.0 Å². The van der Waals surface area contributed by atoms with Crippen molar-refractivity contribution in [2.24, 2.45) is 10.7 Å². The van der Waals surface area contributed by atoms with Crippen LogP contribution in [0.25, 0.3) is 10.8 Å². The van der Waals surface area contributed by atoms with Gasteiger partial charge >= 0.3 is 0 Å². The van der Waals surface area contributed by atoms with Crippen molar-refractivity contribution in [1.82, 2.24) is 10.3 Å². The lowest BCUT2D eigenvalue weighted by Crippen LogP contribution is -2.39. The summed E-state index contributed by atoms with van der Waals surface area (Å²) in [6.07, 6.45) is 9.27. The van der Waals surface area contributed by atoms with Crippen molar-refractivity contribution in [2.75, 3.05) is 0 Å². The summed E-state index contributed by atoms with van der Waals surface area (Å²) in [5.41, 5.74) is 6.92. The lowest BCUT2D eigenvalue weighted by atomic mass is 10.1. The minimum Gasteiger partial charge on any atom is -0.462 e. The zero-order valence-corrected chi connectivity index (χ0v) is 16.2. The molecule has 2 aromatic heterocycles. The van der Waals surface area contributed by atoms with Gasteiger partial charge in [0.15, 0.2) is 16.7 Å². The minimum atomic E-state index is 0. The van der Waals surface area contributed by atoms with Gasteiger partial charge in [0, 0.05) is 11.4 Å². The number of aromatic nitrogens is 1. The molecule has 0 amide bonds. The topological polar surface area (TPSA) is 76.4 Å². The first-order chi connectivity index (χ1) is 10.8. The third-order valence-electron chi connectivity index (χ3n) is 3.90. The van der Waals surface area contributed by atoms with Crippen LogP contribution in [0.5, 0.6) is 0 Å². The van der Waals surface area contributed by atoms with E-state index in [0.29, 0.717) is 18.5 Å². The zero-order chi connectivity index (χ0) is 15.2. The number of nitrogens with two attached hydrogens (primary N) is 1. The van der Waals surface area contributed by atoms with Gasteiger partial charge < -0.3 is 15.5 Å². The SMILES string of the molecule is I.NC(=NCc1csc(-c2ccco2)n1)NC1CCCCCC1. The predicted molar refractivity (Wildman–Crippen MR) is 105 cm³/mol. The van der Waals surface area contributed by atoms with E-state index in [0.717, 1.165) is 16.5 Å². The molecule has 0 spiro atoms. The molecule has 0 radical (unpaired) electrons. The number of furan rings is 1. The minimum absolute atomic E-state index is 0. The second-order valence-corrected chi connectivity index (χ2v) is 6.51. The van der Waals surface area contributed by atoms with Crippen LogP contribution in [-0.2, 0) is 6.54 Å². The largest absolute Gasteiger partial charge is 0.462 e. The number of halogens is 1. The van der Waals surface area contributed by atoms with Crippen LogP contribution in [0.3, 0.4) is 0 Å². The van der Waals surface area contributed by atoms with Crippen LogP contribution in [0.1, 0.15) is 44.2 Å². The number of nitrogens with one attached hydrogen (secondary N) is 1. The maximum Gasteiger partial charge on any atom is 0.189 e. The molecule has 0 atom stereocenters. The van der Waals surface area contributed by atoms with Crippen molar-refractivity contribution in [1.29, 1.82) is 0 Å². The molecule has 1 fully saturated rings. The highest BCUT2D eigenvalue weighted by Gasteiger charge is 2.12.